The van der Waals surface area contributed by atoms with Gasteiger partial charge in [0, 0.05) is 38.2 Å². The summed E-state index contributed by atoms with van der Waals surface area (Å²) >= 11 is 0. The van der Waals surface area contributed by atoms with Gasteiger partial charge in [-0.05, 0) is 25.0 Å². The summed E-state index contributed by atoms with van der Waals surface area (Å²) in [7, 11) is 0. The van der Waals surface area contributed by atoms with E-state index in [1.165, 1.54) is 6.07 Å². The second-order valence-electron chi connectivity index (χ2n) is 6.50. The summed E-state index contributed by atoms with van der Waals surface area (Å²) in [6, 6.07) is 3.02. The van der Waals surface area contributed by atoms with Crippen molar-refractivity contribution in [2.24, 2.45) is 0 Å². The second-order valence-corrected chi connectivity index (χ2v) is 6.50. The Bertz CT molecular complexity index is 783. The predicted molar refractivity (Wildman–Crippen MR) is 83.8 cm³/mol. The van der Waals surface area contributed by atoms with Crippen molar-refractivity contribution in [3.05, 3.63) is 47.2 Å². The summed E-state index contributed by atoms with van der Waals surface area (Å²) in [4.78, 5) is 16.1. The van der Waals surface area contributed by atoms with E-state index in [0.29, 0.717) is 44.5 Å². The quantitative estimate of drug-likeness (QED) is 0.848. The summed E-state index contributed by atoms with van der Waals surface area (Å²) in [5.74, 6) is -0.191. The normalized spacial score (nSPS) is 18.6. The number of benzene rings is 1. The summed E-state index contributed by atoms with van der Waals surface area (Å²) in [5, 5.41) is 8.13. The van der Waals surface area contributed by atoms with Gasteiger partial charge in [-0.25, -0.2) is 8.78 Å². The third-order valence-corrected chi connectivity index (χ3v) is 4.59. The first kappa shape index (κ1) is 16.1. The van der Waals surface area contributed by atoms with Crippen LogP contribution in [0.4, 0.5) is 8.78 Å². The number of carbonyl (C=O) groups excluding carboxylic acids is 1. The number of amides is 1. The first-order valence-corrected chi connectivity index (χ1v) is 8.39. The van der Waals surface area contributed by atoms with Gasteiger partial charge >= 0.3 is 0 Å². The summed E-state index contributed by atoms with van der Waals surface area (Å²) < 4.78 is 32.4. The molecule has 2 aliphatic rings. The number of hydrogen-bond donors (Lipinski definition) is 0. The molecule has 0 radical (unpaired) electrons. The van der Waals surface area contributed by atoms with E-state index in [4.69, 9.17) is 4.42 Å². The van der Waals surface area contributed by atoms with Gasteiger partial charge in [-0.3, -0.25) is 9.69 Å². The van der Waals surface area contributed by atoms with Crippen LogP contribution in [0.2, 0.25) is 0 Å². The molecule has 8 heteroatoms. The van der Waals surface area contributed by atoms with Gasteiger partial charge in [0.1, 0.15) is 11.6 Å². The molecule has 1 saturated heterocycles. The van der Waals surface area contributed by atoms with Crippen molar-refractivity contribution in [1.82, 2.24) is 20.0 Å². The van der Waals surface area contributed by atoms with Gasteiger partial charge in [0.05, 0.1) is 12.1 Å². The Morgan fingerprint density at radius 1 is 1.16 bits per heavy atom. The van der Waals surface area contributed by atoms with Crippen molar-refractivity contribution in [3.8, 4) is 0 Å². The Morgan fingerprint density at radius 2 is 1.92 bits per heavy atom. The molecule has 0 N–H and O–H groups in total. The maximum Gasteiger partial charge on any atom is 0.256 e. The number of halogens is 2. The highest BCUT2D eigenvalue weighted by atomic mass is 19.1. The van der Waals surface area contributed by atoms with Crippen molar-refractivity contribution >= 4 is 5.91 Å². The van der Waals surface area contributed by atoms with E-state index in [0.717, 1.165) is 30.9 Å². The second kappa shape index (κ2) is 6.51. The van der Waals surface area contributed by atoms with Crippen LogP contribution in [0.3, 0.4) is 0 Å². The highest BCUT2D eigenvalue weighted by Gasteiger charge is 2.30. The Labute approximate surface area is 143 Å². The SMILES string of the molecule is O=C(c1ccc(F)cc1F)N1CCN(Cc2nnc(C3CC3)o2)CC1. The van der Waals surface area contributed by atoms with Crippen LogP contribution in [-0.4, -0.2) is 52.1 Å². The number of hydrogen-bond acceptors (Lipinski definition) is 5. The molecule has 1 aliphatic carbocycles. The molecule has 1 saturated carbocycles. The molecule has 2 aromatic rings. The highest BCUT2D eigenvalue weighted by Crippen LogP contribution is 2.39. The number of carbonyl (C=O) groups is 1. The standard InChI is InChI=1S/C17H18F2N4O2/c18-12-3-4-13(14(19)9-12)17(24)23-7-5-22(6-8-23)10-15-20-21-16(25-15)11-1-2-11/h3-4,9,11H,1-2,5-8,10H2. The lowest BCUT2D eigenvalue weighted by Gasteiger charge is -2.34. The van der Waals surface area contributed by atoms with Gasteiger partial charge in [-0.15, -0.1) is 10.2 Å². The fourth-order valence-electron chi connectivity index (χ4n) is 2.96. The summed E-state index contributed by atoms with van der Waals surface area (Å²) in [6.07, 6.45) is 2.23. The molecular weight excluding hydrogens is 330 g/mol. The highest BCUT2D eigenvalue weighted by molar-refractivity contribution is 5.94. The molecular formula is C17H18F2N4O2. The minimum absolute atomic E-state index is 0.0965. The van der Waals surface area contributed by atoms with Crippen LogP contribution in [0.1, 0.15) is 40.9 Å². The smallest absolute Gasteiger partial charge is 0.256 e. The first-order chi connectivity index (χ1) is 12.1. The predicted octanol–water partition coefficient (Wildman–Crippen LogP) is 2.18. The van der Waals surface area contributed by atoms with Gasteiger partial charge < -0.3 is 9.32 Å². The zero-order valence-electron chi connectivity index (χ0n) is 13.6. The number of piperazine rings is 1. The Morgan fingerprint density at radius 3 is 2.60 bits per heavy atom. The average molecular weight is 348 g/mol. The molecule has 1 aliphatic heterocycles. The van der Waals surface area contributed by atoms with Crippen LogP contribution in [0.5, 0.6) is 0 Å². The molecule has 0 bridgehead atoms. The van der Waals surface area contributed by atoms with Crippen LogP contribution < -0.4 is 0 Å². The minimum atomic E-state index is -0.828. The molecule has 4 rings (SSSR count). The van der Waals surface area contributed by atoms with Gasteiger partial charge in [0.25, 0.3) is 5.91 Å². The fourth-order valence-corrected chi connectivity index (χ4v) is 2.96. The van der Waals surface area contributed by atoms with E-state index in [9.17, 15) is 13.6 Å². The molecule has 25 heavy (non-hydrogen) atoms. The topological polar surface area (TPSA) is 62.5 Å². The van der Waals surface area contributed by atoms with Crippen molar-refractivity contribution in [1.29, 1.82) is 0 Å². The molecule has 1 aromatic heterocycles. The maximum atomic E-state index is 13.8. The zero-order chi connectivity index (χ0) is 17.4. The molecule has 0 spiro atoms. The van der Waals surface area contributed by atoms with E-state index in [1.807, 2.05) is 0 Å². The number of nitrogens with zero attached hydrogens (tertiary/aromatic N) is 4. The third kappa shape index (κ3) is 3.53. The summed E-state index contributed by atoms with van der Waals surface area (Å²) in [6.45, 7) is 2.76. The van der Waals surface area contributed by atoms with Crippen molar-refractivity contribution in [2.45, 2.75) is 25.3 Å². The molecule has 2 fully saturated rings. The van der Waals surface area contributed by atoms with E-state index >= 15 is 0 Å². The van der Waals surface area contributed by atoms with Crippen molar-refractivity contribution < 1.29 is 18.0 Å². The molecule has 2 heterocycles. The molecule has 0 unspecified atom stereocenters. The van der Waals surface area contributed by atoms with Crippen molar-refractivity contribution in [2.75, 3.05) is 26.2 Å². The van der Waals surface area contributed by atoms with Gasteiger partial charge in [-0.2, -0.15) is 0 Å². The van der Waals surface area contributed by atoms with Crippen LogP contribution in [0, 0.1) is 11.6 Å². The number of rotatable bonds is 4. The first-order valence-electron chi connectivity index (χ1n) is 8.39. The average Bonchev–Trinajstić information content (AvgIpc) is 3.35. The lowest BCUT2D eigenvalue weighted by Crippen LogP contribution is -2.48. The van der Waals surface area contributed by atoms with Crippen LogP contribution in [-0.2, 0) is 6.54 Å². The summed E-state index contributed by atoms with van der Waals surface area (Å²) in [5.41, 5.74) is -0.0965. The van der Waals surface area contributed by atoms with E-state index in [-0.39, 0.29) is 5.56 Å². The van der Waals surface area contributed by atoms with Gasteiger partial charge in [-0.1, -0.05) is 0 Å². The van der Waals surface area contributed by atoms with Crippen molar-refractivity contribution in [3.63, 3.8) is 0 Å². The zero-order valence-corrected chi connectivity index (χ0v) is 13.6. The van der Waals surface area contributed by atoms with Crippen LogP contribution in [0.25, 0.3) is 0 Å². The molecule has 1 amide bonds. The Kier molecular flexibility index (Phi) is 4.20. The Balaban J connectivity index is 1.33. The van der Waals surface area contributed by atoms with Gasteiger partial charge in [0.15, 0.2) is 0 Å². The lowest BCUT2D eigenvalue weighted by molar-refractivity contribution is 0.0613. The monoisotopic (exact) mass is 348 g/mol. The van der Waals surface area contributed by atoms with E-state index < -0.39 is 17.5 Å². The third-order valence-electron chi connectivity index (χ3n) is 4.59. The number of aromatic nitrogens is 2. The molecule has 132 valence electrons. The lowest BCUT2D eigenvalue weighted by atomic mass is 10.1. The Hall–Kier alpha value is -2.35. The fraction of sp³-hybridized carbons (Fsp3) is 0.471. The van der Waals surface area contributed by atoms with Gasteiger partial charge in [0.2, 0.25) is 11.8 Å². The van der Waals surface area contributed by atoms with Crippen LogP contribution >= 0.6 is 0 Å². The van der Waals surface area contributed by atoms with E-state index in [1.54, 1.807) is 4.90 Å². The largest absolute Gasteiger partial charge is 0.424 e. The molecule has 1 aromatic carbocycles. The molecule has 6 nitrogen and oxygen atoms in total. The van der Waals surface area contributed by atoms with Crippen LogP contribution in [0.15, 0.2) is 22.6 Å². The molecule has 0 atom stereocenters. The minimum Gasteiger partial charge on any atom is -0.424 e. The van der Waals surface area contributed by atoms with E-state index in [2.05, 4.69) is 15.1 Å². The maximum absolute atomic E-state index is 13.8.